The van der Waals surface area contributed by atoms with Crippen molar-refractivity contribution in [1.29, 1.82) is 0 Å². The van der Waals surface area contributed by atoms with Crippen LogP contribution in [0, 0.1) is 6.92 Å². The molecule has 0 radical (unpaired) electrons. The molecule has 0 bridgehead atoms. The Hall–Kier alpha value is -4.24. The molecule has 0 aliphatic carbocycles. The van der Waals surface area contributed by atoms with Crippen molar-refractivity contribution in [2.45, 2.75) is 45.9 Å². The number of benzene rings is 2. The van der Waals surface area contributed by atoms with E-state index in [0.717, 1.165) is 33.7 Å². The zero-order valence-electron chi connectivity index (χ0n) is 21.3. The molecule has 37 heavy (non-hydrogen) atoms. The summed E-state index contributed by atoms with van der Waals surface area (Å²) in [7, 11) is 1.63. The molecule has 4 aromatic rings. The Bertz CT molecular complexity index is 1460. The molecular formula is C28H29N5O4. The Balaban J connectivity index is 1.55. The Morgan fingerprint density at radius 2 is 1.89 bits per heavy atom. The number of carbonyl (C=O) groups excluding carboxylic acids is 1. The van der Waals surface area contributed by atoms with Crippen LogP contribution in [0.15, 0.2) is 59.3 Å². The SMILES string of the molecule is COc1ccc(CN2C(=O)CC(c3nnc(C)o3)=Cc3ccc(-c4cnn(CC(C)(C)O)c4)cc32)cc1. The van der Waals surface area contributed by atoms with Crippen LogP contribution in [0.25, 0.3) is 22.8 Å². The number of aliphatic hydroxyl groups is 1. The van der Waals surface area contributed by atoms with Crippen LogP contribution in [0.3, 0.4) is 0 Å². The highest BCUT2D eigenvalue weighted by atomic mass is 16.5. The van der Waals surface area contributed by atoms with Crippen LogP contribution < -0.4 is 9.64 Å². The third kappa shape index (κ3) is 5.46. The van der Waals surface area contributed by atoms with Crippen LogP contribution in [-0.2, 0) is 17.9 Å². The van der Waals surface area contributed by atoms with Gasteiger partial charge in [-0.2, -0.15) is 5.10 Å². The zero-order valence-corrected chi connectivity index (χ0v) is 21.3. The van der Waals surface area contributed by atoms with Gasteiger partial charge in [-0.3, -0.25) is 9.48 Å². The summed E-state index contributed by atoms with van der Waals surface area (Å²) in [4.78, 5) is 15.4. The van der Waals surface area contributed by atoms with Crippen molar-refractivity contribution in [3.63, 3.8) is 0 Å². The highest BCUT2D eigenvalue weighted by Crippen LogP contribution is 2.36. The topological polar surface area (TPSA) is 107 Å². The predicted octanol–water partition coefficient (Wildman–Crippen LogP) is 4.50. The number of aromatic nitrogens is 4. The number of hydrogen-bond acceptors (Lipinski definition) is 7. The highest BCUT2D eigenvalue weighted by molar-refractivity contribution is 6.06. The average molecular weight is 500 g/mol. The van der Waals surface area contributed by atoms with Crippen LogP contribution in [0.4, 0.5) is 5.69 Å². The van der Waals surface area contributed by atoms with Crippen LogP contribution in [0.5, 0.6) is 5.75 Å². The molecule has 1 aliphatic rings. The fraction of sp³-hybridized carbons (Fsp3) is 0.286. The minimum absolute atomic E-state index is 0.0773. The first-order valence-electron chi connectivity index (χ1n) is 12.0. The third-order valence-corrected chi connectivity index (χ3v) is 6.11. The second-order valence-corrected chi connectivity index (χ2v) is 9.81. The fourth-order valence-corrected chi connectivity index (χ4v) is 4.36. The first kappa shape index (κ1) is 24.5. The number of aryl methyl sites for hydroxylation is 1. The van der Waals surface area contributed by atoms with Crippen molar-refractivity contribution in [3.8, 4) is 16.9 Å². The summed E-state index contributed by atoms with van der Waals surface area (Å²) in [5.41, 5.74) is 4.23. The number of fused-ring (bicyclic) bond motifs is 1. The second-order valence-electron chi connectivity index (χ2n) is 9.81. The number of nitrogens with zero attached hydrogens (tertiary/aromatic N) is 5. The van der Waals surface area contributed by atoms with E-state index in [1.165, 1.54) is 0 Å². The van der Waals surface area contributed by atoms with Gasteiger partial charge in [-0.25, -0.2) is 0 Å². The second kappa shape index (κ2) is 9.67. The van der Waals surface area contributed by atoms with E-state index in [1.54, 1.807) is 43.7 Å². The molecule has 1 amide bonds. The lowest BCUT2D eigenvalue weighted by Gasteiger charge is -2.24. The quantitative estimate of drug-likeness (QED) is 0.399. The maximum absolute atomic E-state index is 13.6. The molecular weight excluding hydrogens is 470 g/mol. The van der Waals surface area contributed by atoms with Crippen molar-refractivity contribution in [3.05, 3.63) is 77.8 Å². The molecule has 0 atom stereocenters. The van der Waals surface area contributed by atoms with E-state index >= 15 is 0 Å². The Kier molecular flexibility index (Phi) is 6.39. The molecule has 0 fully saturated rings. The van der Waals surface area contributed by atoms with E-state index in [9.17, 15) is 9.90 Å². The minimum Gasteiger partial charge on any atom is -0.497 e. The van der Waals surface area contributed by atoms with Crippen molar-refractivity contribution in [2.75, 3.05) is 12.0 Å². The number of amides is 1. The third-order valence-electron chi connectivity index (χ3n) is 6.11. The van der Waals surface area contributed by atoms with Gasteiger partial charge in [0, 0.05) is 24.3 Å². The standard InChI is InChI=1S/C28H29N5O4/c1-18-30-31-27(37-18)22-11-21-8-7-20(23-14-29-32(16-23)17-28(2,3)35)12-25(21)33(26(34)13-22)15-19-5-9-24(36-4)10-6-19/h5-12,14,16,35H,13,15,17H2,1-4H3. The molecule has 0 spiro atoms. The molecule has 9 heteroatoms. The molecule has 2 aromatic heterocycles. The van der Waals surface area contributed by atoms with Gasteiger partial charge in [0.2, 0.25) is 17.7 Å². The maximum atomic E-state index is 13.6. The summed E-state index contributed by atoms with van der Waals surface area (Å²) in [5, 5.41) is 22.6. The van der Waals surface area contributed by atoms with E-state index in [0.29, 0.717) is 30.4 Å². The van der Waals surface area contributed by atoms with E-state index in [1.807, 2.05) is 54.7 Å². The van der Waals surface area contributed by atoms with Gasteiger partial charge in [-0.15, -0.1) is 10.2 Å². The lowest BCUT2D eigenvalue weighted by molar-refractivity contribution is -0.117. The van der Waals surface area contributed by atoms with Gasteiger partial charge in [0.1, 0.15) is 5.75 Å². The van der Waals surface area contributed by atoms with Crippen LogP contribution in [0.2, 0.25) is 0 Å². The molecule has 3 heterocycles. The van der Waals surface area contributed by atoms with Crippen molar-refractivity contribution in [2.24, 2.45) is 0 Å². The van der Waals surface area contributed by atoms with Gasteiger partial charge < -0.3 is 19.2 Å². The summed E-state index contributed by atoms with van der Waals surface area (Å²) in [6.45, 7) is 5.98. The minimum atomic E-state index is -0.882. The lowest BCUT2D eigenvalue weighted by atomic mass is 10.0. The molecule has 0 saturated heterocycles. The molecule has 2 aromatic carbocycles. The molecule has 1 N–H and O–H groups in total. The van der Waals surface area contributed by atoms with Gasteiger partial charge in [-0.1, -0.05) is 24.3 Å². The summed E-state index contributed by atoms with van der Waals surface area (Å²) in [6, 6.07) is 13.7. The number of hydrogen-bond donors (Lipinski definition) is 1. The number of ether oxygens (including phenoxy) is 1. The number of methoxy groups -OCH3 is 1. The van der Waals surface area contributed by atoms with Crippen molar-refractivity contribution < 1.29 is 19.1 Å². The van der Waals surface area contributed by atoms with Gasteiger partial charge in [0.15, 0.2) is 0 Å². The smallest absolute Gasteiger partial charge is 0.244 e. The van der Waals surface area contributed by atoms with E-state index in [-0.39, 0.29) is 12.3 Å². The van der Waals surface area contributed by atoms with Crippen molar-refractivity contribution >= 4 is 23.2 Å². The van der Waals surface area contributed by atoms with Gasteiger partial charge in [0.05, 0.1) is 44.1 Å². The zero-order chi connectivity index (χ0) is 26.2. The number of carbonyl (C=O) groups is 1. The maximum Gasteiger partial charge on any atom is 0.244 e. The van der Waals surface area contributed by atoms with Crippen LogP contribution in [-0.4, -0.2) is 43.7 Å². The summed E-state index contributed by atoms with van der Waals surface area (Å²) in [6.07, 6.45) is 5.73. The monoisotopic (exact) mass is 499 g/mol. The first-order chi connectivity index (χ1) is 17.7. The highest BCUT2D eigenvalue weighted by Gasteiger charge is 2.27. The normalized spacial score (nSPS) is 13.8. The van der Waals surface area contributed by atoms with Gasteiger partial charge in [0.25, 0.3) is 0 Å². The molecule has 9 nitrogen and oxygen atoms in total. The molecule has 0 unspecified atom stereocenters. The molecule has 0 saturated carbocycles. The molecule has 1 aliphatic heterocycles. The van der Waals surface area contributed by atoms with Gasteiger partial charge >= 0.3 is 0 Å². The fourth-order valence-electron chi connectivity index (χ4n) is 4.36. The summed E-state index contributed by atoms with van der Waals surface area (Å²) >= 11 is 0. The van der Waals surface area contributed by atoms with Crippen molar-refractivity contribution in [1.82, 2.24) is 20.0 Å². The average Bonchev–Trinajstić information content (AvgIpc) is 3.47. The predicted molar refractivity (Wildman–Crippen MR) is 140 cm³/mol. The molecule has 190 valence electrons. The largest absolute Gasteiger partial charge is 0.497 e. The van der Waals surface area contributed by atoms with E-state index < -0.39 is 5.60 Å². The van der Waals surface area contributed by atoms with Crippen LogP contribution in [0.1, 0.15) is 43.2 Å². The first-order valence-corrected chi connectivity index (χ1v) is 12.0. The van der Waals surface area contributed by atoms with Gasteiger partial charge in [-0.05, 0) is 54.8 Å². The Labute approximate surface area is 215 Å². The Morgan fingerprint density at radius 3 is 2.57 bits per heavy atom. The number of rotatable bonds is 7. The van der Waals surface area contributed by atoms with Crippen LogP contribution >= 0.6 is 0 Å². The summed E-state index contributed by atoms with van der Waals surface area (Å²) < 4.78 is 12.7. The summed E-state index contributed by atoms with van der Waals surface area (Å²) in [5.74, 6) is 1.47. The lowest BCUT2D eigenvalue weighted by Crippen LogP contribution is -2.30. The van der Waals surface area contributed by atoms with E-state index in [4.69, 9.17) is 9.15 Å². The Morgan fingerprint density at radius 1 is 1.11 bits per heavy atom. The van der Waals surface area contributed by atoms with E-state index in [2.05, 4.69) is 15.3 Å². The number of anilines is 1. The molecule has 5 rings (SSSR count).